The Balaban J connectivity index is 1.97. The SMILES string of the molecule is COCCC(N)C(=O)Nc1ccccc1SC1CCCC1. The van der Waals surface area contributed by atoms with Crippen LogP contribution in [0, 0.1) is 0 Å². The molecule has 1 aromatic rings. The van der Waals surface area contributed by atoms with Crippen molar-refractivity contribution in [1.29, 1.82) is 0 Å². The van der Waals surface area contributed by atoms with E-state index in [-0.39, 0.29) is 5.91 Å². The summed E-state index contributed by atoms with van der Waals surface area (Å²) in [6, 6.07) is 7.43. The molecule has 1 aromatic carbocycles. The van der Waals surface area contributed by atoms with Gasteiger partial charge in [-0.3, -0.25) is 4.79 Å². The van der Waals surface area contributed by atoms with Gasteiger partial charge in [-0.1, -0.05) is 25.0 Å². The second-order valence-corrected chi connectivity index (χ2v) is 6.74. The highest BCUT2D eigenvalue weighted by Crippen LogP contribution is 2.37. The number of rotatable bonds is 7. The lowest BCUT2D eigenvalue weighted by molar-refractivity contribution is -0.117. The molecule has 2 rings (SSSR count). The molecule has 0 aliphatic heterocycles. The zero-order valence-electron chi connectivity index (χ0n) is 12.5. The Bertz CT molecular complexity index is 461. The van der Waals surface area contributed by atoms with Gasteiger partial charge in [0.15, 0.2) is 0 Å². The zero-order valence-corrected chi connectivity index (χ0v) is 13.3. The number of nitrogens with one attached hydrogen (secondary N) is 1. The molecule has 0 bridgehead atoms. The fourth-order valence-corrected chi connectivity index (χ4v) is 3.79. The van der Waals surface area contributed by atoms with Crippen molar-refractivity contribution in [2.45, 2.75) is 48.3 Å². The fraction of sp³-hybridized carbons (Fsp3) is 0.562. The molecule has 1 atom stereocenters. The molecule has 1 amide bonds. The maximum Gasteiger partial charge on any atom is 0.241 e. The second kappa shape index (κ2) is 8.41. The minimum atomic E-state index is -0.533. The number of thioether (sulfide) groups is 1. The minimum Gasteiger partial charge on any atom is -0.385 e. The highest BCUT2D eigenvalue weighted by Gasteiger charge is 2.19. The molecule has 5 heteroatoms. The van der Waals surface area contributed by atoms with Crippen molar-refractivity contribution in [2.24, 2.45) is 5.73 Å². The van der Waals surface area contributed by atoms with Crippen LogP contribution < -0.4 is 11.1 Å². The predicted octanol–water partition coefficient (Wildman–Crippen LogP) is 3.02. The topological polar surface area (TPSA) is 64.3 Å². The van der Waals surface area contributed by atoms with Crippen LogP contribution in [0.5, 0.6) is 0 Å². The largest absolute Gasteiger partial charge is 0.385 e. The molecule has 0 saturated heterocycles. The van der Waals surface area contributed by atoms with Gasteiger partial charge in [0.2, 0.25) is 5.91 Å². The van der Waals surface area contributed by atoms with Gasteiger partial charge in [-0.15, -0.1) is 11.8 Å². The Kier molecular flexibility index (Phi) is 6.54. The molecule has 1 unspecified atom stereocenters. The van der Waals surface area contributed by atoms with Crippen molar-refractivity contribution in [3.05, 3.63) is 24.3 Å². The van der Waals surface area contributed by atoms with Gasteiger partial charge in [-0.25, -0.2) is 0 Å². The summed E-state index contributed by atoms with van der Waals surface area (Å²) in [6.07, 6.45) is 5.68. The van der Waals surface area contributed by atoms with E-state index in [2.05, 4.69) is 11.4 Å². The van der Waals surface area contributed by atoms with Crippen LogP contribution in [0.3, 0.4) is 0 Å². The zero-order chi connectivity index (χ0) is 15.1. The van der Waals surface area contributed by atoms with E-state index in [0.717, 1.165) is 10.6 Å². The van der Waals surface area contributed by atoms with E-state index < -0.39 is 6.04 Å². The number of hydrogen-bond acceptors (Lipinski definition) is 4. The Labute approximate surface area is 130 Å². The van der Waals surface area contributed by atoms with E-state index in [1.807, 2.05) is 30.0 Å². The van der Waals surface area contributed by atoms with Crippen molar-refractivity contribution in [2.75, 3.05) is 19.0 Å². The number of ether oxygens (including phenoxy) is 1. The maximum absolute atomic E-state index is 12.1. The van der Waals surface area contributed by atoms with Crippen LogP contribution in [0.4, 0.5) is 5.69 Å². The number of carbonyl (C=O) groups excluding carboxylic acids is 1. The highest BCUT2D eigenvalue weighted by atomic mass is 32.2. The molecule has 21 heavy (non-hydrogen) atoms. The van der Waals surface area contributed by atoms with Crippen molar-refractivity contribution in [3.8, 4) is 0 Å². The summed E-state index contributed by atoms with van der Waals surface area (Å²) in [7, 11) is 1.61. The molecule has 1 aliphatic carbocycles. The van der Waals surface area contributed by atoms with Crippen LogP contribution in [-0.2, 0) is 9.53 Å². The van der Waals surface area contributed by atoms with Crippen molar-refractivity contribution < 1.29 is 9.53 Å². The first kappa shape index (κ1) is 16.3. The molecule has 1 fully saturated rings. The fourth-order valence-electron chi connectivity index (χ4n) is 2.46. The summed E-state index contributed by atoms with van der Waals surface area (Å²) < 4.78 is 4.96. The van der Waals surface area contributed by atoms with Crippen LogP contribution in [0.1, 0.15) is 32.1 Å². The molecule has 0 aromatic heterocycles. The number of amides is 1. The Morgan fingerprint density at radius 2 is 2.14 bits per heavy atom. The van der Waals surface area contributed by atoms with Gasteiger partial charge in [0.25, 0.3) is 0 Å². The van der Waals surface area contributed by atoms with Crippen molar-refractivity contribution in [1.82, 2.24) is 0 Å². The van der Waals surface area contributed by atoms with Gasteiger partial charge in [-0.2, -0.15) is 0 Å². The number of carbonyl (C=O) groups is 1. The molecule has 1 saturated carbocycles. The number of anilines is 1. The lowest BCUT2D eigenvalue weighted by Crippen LogP contribution is -2.36. The number of methoxy groups -OCH3 is 1. The van der Waals surface area contributed by atoms with Gasteiger partial charge in [0, 0.05) is 23.9 Å². The molecular formula is C16H24N2O2S. The monoisotopic (exact) mass is 308 g/mol. The first-order chi connectivity index (χ1) is 10.2. The van der Waals surface area contributed by atoms with E-state index in [1.165, 1.54) is 25.7 Å². The molecule has 1 aliphatic rings. The summed E-state index contributed by atoms with van der Waals surface area (Å²) in [5.74, 6) is -0.147. The van der Waals surface area contributed by atoms with Gasteiger partial charge < -0.3 is 15.8 Å². The Morgan fingerprint density at radius 1 is 1.43 bits per heavy atom. The van der Waals surface area contributed by atoms with E-state index in [9.17, 15) is 4.79 Å². The van der Waals surface area contributed by atoms with Crippen molar-refractivity contribution in [3.63, 3.8) is 0 Å². The van der Waals surface area contributed by atoms with Gasteiger partial charge in [0.1, 0.15) is 0 Å². The molecule has 0 heterocycles. The van der Waals surface area contributed by atoms with Crippen LogP contribution in [-0.4, -0.2) is 30.9 Å². The number of para-hydroxylation sites is 1. The van der Waals surface area contributed by atoms with Gasteiger partial charge in [-0.05, 0) is 31.4 Å². The third kappa shape index (κ3) is 5.02. The first-order valence-corrected chi connectivity index (χ1v) is 8.39. The highest BCUT2D eigenvalue weighted by molar-refractivity contribution is 8.00. The summed E-state index contributed by atoms with van der Waals surface area (Å²) in [5, 5.41) is 3.62. The number of hydrogen-bond donors (Lipinski definition) is 2. The third-order valence-electron chi connectivity index (χ3n) is 3.71. The maximum atomic E-state index is 12.1. The van der Waals surface area contributed by atoms with E-state index in [1.54, 1.807) is 7.11 Å². The summed E-state index contributed by atoms with van der Waals surface area (Å²) in [5.41, 5.74) is 6.73. The van der Waals surface area contributed by atoms with E-state index in [4.69, 9.17) is 10.5 Å². The average Bonchev–Trinajstić information content (AvgIpc) is 2.99. The lowest BCUT2D eigenvalue weighted by Gasteiger charge is -2.16. The smallest absolute Gasteiger partial charge is 0.241 e. The lowest BCUT2D eigenvalue weighted by atomic mass is 10.2. The van der Waals surface area contributed by atoms with Gasteiger partial charge in [0.05, 0.1) is 11.7 Å². The standard InChI is InChI=1S/C16H24N2O2S/c1-20-11-10-13(17)16(19)18-14-8-4-5-9-15(14)21-12-6-2-3-7-12/h4-5,8-9,12-13H,2-3,6-7,10-11,17H2,1H3,(H,18,19). The molecule has 0 spiro atoms. The van der Waals surface area contributed by atoms with E-state index >= 15 is 0 Å². The average molecular weight is 308 g/mol. The normalized spacial score (nSPS) is 16.9. The molecule has 3 N–H and O–H groups in total. The van der Waals surface area contributed by atoms with Crippen LogP contribution >= 0.6 is 11.8 Å². The Morgan fingerprint density at radius 3 is 2.86 bits per heavy atom. The second-order valence-electron chi connectivity index (χ2n) is 5.40. The van der Waals surface area contributed by atoms with Crippen LogP contribution in [0.25, 0.3) is 0 Å². The van der Waals surface area contributed by atoms with E-state index in [0.29, 0.717) is 18.3 Å². The Hall–Kier alpha value is -1.04. The summed E-state index contributed by atoms with van der Waals surface area (Å²) in [4.78, 5) is 13.2. The van der Waals surface area contributed by atoms with Crippen LogP contribution in [0.2, 0.25) is 0 Å². The molecular weight excluding hydrogens is 284 g/mol. The minimum absolute atomic E-state index is 0.147. The van der Waals surface area contributed by atoms with Crippen molar-refractivity contribution >= 4 is 23.4 Å². The van der Waals surface area contributed by atoms with Gasteiger partial charge >= 0.3 is 0 Å². The molecule has 0 radical (unpaired) electrons. The molecule has 116 valence electrons. The summed E-state index contributed by atoms with van der Waals surface area (Å²) in [6.45, 7) is 0.493. The summed E-state index contributed by atoms with van der Waals surface area (Å²) >= 11 is 1.87. The molecule has 4 nitrogen and oxygen atoms in total. The first-order valence-electron chi connectivity index (χ1n) is 7.51. The quantitative estimate of drug-likeness (QED) is 0.812. The number of benzene rings is 1. The number of nitrogens with two attached hydrogens (primary N) is 1. The third-order valence-corrected chi connectivity index (χ3v) is 5.13. The predicted molar refractivity (Wildman–Crippen MR) is 87.7 cm³/mol. The van der Waals surface area contributed by atoms with Crippen LogP contribution in [0.15, 0.2) is 29.2 Å².